The maximum Gasteiger partial charge on any atom is 0.246 e. The summed E-state index contributed by atoms with van der Waals surface area (Å²) < 4.78 is 5.46. The molecule has 1 heterocycles. The number of carbonyl (C=O) groups excluding carboxylic acids is 1. The second-order valence-corrected chi connectivity index (χ2v) is 4.93. The van der Waals surface area contributed by atoms with Gasteiger partial charge in [-0.3, -0.25) is 4.79 Å². The lowest BCUT2D eigenvalue weighted by Crippen LogP contribution is -2.60. The Morgan fingerprint density at radius 2 is 2.20 bits per heavy atom. The summed E-state index contributed by atoms with van der Waals surface area (Å²) in [4.78, 5) is 11.4. The molecule has 0 aromatic rings. The van der Waals surface area contributed by atoms with Crippen molar-refractivity contribution < 1.29 is 14.6 Å². The minimum absolute atomic E-state index is 0.0433. The first-order chi connectivity index (χ1) is 6.87. The number of nitrogens with one attached hydrogen (secondary N) is 2. The third kappa shape index (κ3) is 3.77. The van der Waals surface area contributed by atoms with Gasteiger partial charge in [-0.1, -0.05) is 0 Å². The van der Waals surface area contributed by atoms with Crippen molar-refractivity contribution in [3.8, 4) is 0 Å². The van der Waals surface area contributed by atoms with Crippen LogP contribution in [0.5, 0.6) is 0 Å². The van der Waals surface area contributed by atoms with E-state index < -0.39 is 5.54 Å². The van der Waals surface area contributed by atoms with Crippen molar-refractivity contribution in [1.82, 2.24) is 10.6 Å². The molecule has 5 nitrogen and oxygen atoms in total. The Morgan fingerprint density at radius 3 is 2.60 bits per heavy atom. The molecule has 1 rings (SSSR count). The van der Waals surface area contributed by atoms with Crippen molar-refractivity contribution in [1.29, 1.82) is 0 Å². The van der Waals surface area contributed by atoms with Gasteiger partial charge in [0.15, 0.2) is 0 Å². The van der Waals surface area contributed by atoms with Crippen LogP contribution in [0.15, 0.2) is 0 Å². The molecular formula is C10H20N2O3. The van der Waals surface area contributed by atoms with Gasteiger partial charge >= 0.3 is 0 Å². The minimum atomic E-state index is -0.584. The van der Waals surface area contributed by atoms with Gasteiger partial charge in [0.1, 0.15) is 6.61 Å². The standard InChI is InChI=1S/C10H20N2O3/c1-9(2,7-13)12-8(14)4-15-10(3)5-11-6-10/h11,13H,4-7H2,1-3H3,(H,12,14). The number of hydrogen-bond donors (Lipinski definition) is 3. The Morgan fingerprint density at radius 1 is 1.60 bits per heavy atom. The summed E-state index contributed by atoms with van der Waals surface area (Å²) in [6.07, 6.45) is 0. The van der Waals surface area contributed by atoms with Gasteiger partial charge in [-0.25, -0.2) is 0 Å². The van der Waals surface area contributed by atoms with Crippen LogP contribution in [0.2, 0.25) is 0 Å². The monoisotopic (exact) mass is 216 g/mol. The molecular weight excluding hydrogens is 196 g/mol. The van der Waals surface area contributed by atoms with Crippen molar-refractivity contribution in [3.63, 3.8) is 0 Å². The molecule has 0 spiro atoms. The Hall–Kier alpha value is -0.650. The van der Waals surface area contributed by atoms with Gasteiger partial charge in [0.05, 0.1) is 17.7 Å². The highest BCUT2D eigenvalue weighted by Gasteiger charge is 2.33. The van der Waals surface area contributed by atoms with Crippen LogP contribution in [0.3, 0.4) is 0 Å². The molecule has 88 valence electrons. The second kappa shape index (κ2) is 4.47. The van der Waals surface area contributed by atoms with Crippen LogP contribution in [0.4, 0.5) is 0 Å². The minimum Gasteiger partial charge on any atom is -0.394 e. The lowest BCUT2D eigenvalue weighted by Gasteiger charge is -2.39. The number of aliphatic hydroxyl groups is 1. The summed E-state index contributed by atoms with van der Waals surface area (Å²) in [5.41, 5.74) is -0.792. The van der Waals surface area contributed by atoms with Crippen LogP contribution in [0.25, 0.3) is 0 Å². The SMILES string of the molecule is CC(C)(CO)NC(=O)COC1(C)CNC1. The van der Waals surface area contributed by atoms with E-state index in [9.17, 15) is 4.79 Å². The molecule has 0 aromatic carbocycles. The van der Waals surface area contributed by atoms with Gasteiger partial charge < -0.3 is 20.5 Å². The number of aliphatic hydroxyl groups excluding tert-OH is 1. The molecule has 0 bridgehead atoms. The van der Waals surface area contributed by atoms with Crippen LogP contribution in [-0.4, -0.2) is 48.5 Å². The van der Waals surface area contributed by atoms with Gasteiger partial charge in [0.2, 0.25) is 5.91 Å². The zero-order valence-electron chi connectivity index (χ0n) is 9.59. The van der Waals surface area contributed by atoms with Crippen LogP contribution in [0.1, 0.15) is 20.8 Å². The summed E-state index contributed by atoms with van der Waals surface area (Å²) in [5, 5.41) is 14.7. The summed E-state index contributed by atoms with van der Waals surface area (Å²) in [6.45, 7) is 7.01. The first-order valence-corrected chi connectivity index (χ1v) is 5.13. The number of rotatable bonds is 5. The number of amides is 1. The molecule has 1 fully saturated rings. The molecule has 0 aliphatic carbocycles. The van der Waals surface area contributed by atoms with E-state index >= 15 is 0 Å². The zero-order valence-corrected chi connectivity index (χ0v) is 9.59. The van der Waals surface area contributed by atoms with E-state index in [2.05, 4.69) is 10.6 Å². The van der Waals surface area contributed by atoms with Gasteiger partial charge in [-0.05, 0) is 20.8 Å². The summed E-state index contributed by atoms with van der Waals surface area (Å²) in [5.74, 6) is -0.192. The molecule has 1 aliphatic heterocycles. The van der Waals surface area contributed by atoms with Crippen LogP contribution in [0, 0.1) is 0 Å². The van der Waals surface area contributed by atoms with E-state index in [4.69, 9.17) is 9.84 Å². The molecule has 1 saturated heterocycles. The normalized spacial score (nSPS) is 19.5. The maximum atomic E-state index is 11.4. The van der Waals surface area contributed by atoms with E-state index in [0.717, 1.165) is 13.1 Å². The molecule has 1 aliphatic rings. The lowest BCUT2D eigenvalue weighted by molar-refractivity contribution is -0.137. The molecule has 15 heavy (non-hydrogen) atoms. The molecule has 0 aromatic heterocycles. The smallest absolute Gasteiger partial charge is 0.246 e. The van der Waals surface area contributed by atoms with Crippen LogP contribution >= 0.6 is 0 Å². The van der Waals surface area contributed by atoms with Crippen LogP contribution in [-0.2, 0) is 9.53 Å². The fourth-order valence-corrected chi connectivity index (χ4v) is 1.27. The van der Waals surface area contributed by atoms with Crippen LogP contribution < -0.4 is 10.6 Å². The predicted octanol–water partition coefficient (Wildman–Crippen LogP) is -0.748. The quantitative estimate of drug-likeness (QED) is 0.565. The topological polar surface area (TPSA) is 70.6 Å². The number of hydrogen-bond acceptors (Lipinski definition) is 4. The number of ether oxygens (including phenoxy) is 1. The first kappa shape index (κ1) is 12.4. The molecule has 1 amide bonds. The van der Waals surface area contributed by atoms with Crippen molar-refractivity contribution in [3.05, 3.63) is 0 Å². The summed E-state index contributed by atoms with van der Waals surface area (Å²) in [6, 6.07) is 0. The van der Waals surface area contributed by atoms with Gasteiger partial charge in [-0.15, -0.1) is 0 Å². The van der Waals surface area contributed by atoms with Crippen molar-refractivity contribution in [2.45, 2.75) is 31.9 Å². The fourth-order valence-electron chi connectivity index (χ4n) is 1.27. The molecule has 0 saturated carbocycles. The molecule has 0 radical (unpaired) electrons. The van der Waals surface area contributed by atoms with Crippen molar-refractivity contribution in [2.75, 3.05) is 26.3 Å². The first-order valence-electron chi connectivity index (χ1n) is 5.13. The second-order valence-electron chi connectivity index (χ2n) is 4.93. The molecule has 0 unspecified atom stereocenters. The Labute approximate surface area is 90.2 Å². The van der Waals surface area contributed by atoms with E-state index in [1.54, 1.807) is 13.8 Å². The molecule has 0 atom stereocenters. The van der Waals surface area contributed by atoms with E-state index in [0.29, 0.717) is 0 Å². The largest absolute Gasteiger partial charge is 0.394 e. The van der Waals surface area contributed by atoms with E-state index in [-0.39, 0.29) is 24.7 Å². The summed E-state index contributed by atoms with van der Waals surface area (Å²) in [7, 11) is 0. The fraction of sp³-hybridized carbons (Fsp3) is 0.900. The average molecular weight is 216 g/mol. The van der Waals surface area contributed by atoms with Crippen molar-refractivity contribution in [2.24, 2.45) is 0 Å². The highest BCUT2D eigenvalue weighted by Crippen LogP contribution is 2.14. The van der Waals surface area contributed by atoms with Gasteiger partial charge in [0, 0.05) is 13.1 Å². The highest BCUT2D eigenvalue weighted by molar-refractivity contribution is 5.78. The Balaban J connectivity index is 2.24. The lowest BCUT2D eigenvalue weighted by atomic mass is 10.0. The van der Waals surface area contributed by atoms with Gasteiger partial charge in [-0.2, -0.15) is 0 Å². The summed E-state index contributed by atoms with van der Waals surface area (Å²) >= 11 is 0. The highest BCUT2D eigenvalue weighted by atomic mass is 16.5. The Kier molecular flexibility index (Phi) is 3.70. The van der Waals surface area contributed by atoms with E-state index in [1.165, 1.54) is 0 Å². The molecule has 3 N–H and O–H groups in total. The third-order valence-corrected chi connectivity index (χ3v) is 2.42. The van der Waals surface area contributed by atoms with Gasteiger partial charge in [0.25, 0.3) is 0 Å². The number of carbonyl (C=O) groups is 1. The maximum absolute atomic E-state index is 11.4. The molecule has 5 heteroatoms. The van der Waals surface area contributed by atoms with Crippen molar-refractivity contribution >= 4 is 5.91 Å². The third-order valence-electron chi connectivity index (χ3n) is 2.42. The Bertz CT molecular complexity index is 237. The average Bonchev–Trinajstić information content (AvgIpc) is 2.11. The predicted molar refractivity (Wildman–Crippen MR) is 56.5 cm³/mol. The zero-order chi connectivity index (χ0) is 11.5. The van der Waals surface area contributed by atoms with E-state index in [1.807, 2.05) is 6.92 Å².